The molecule has 0 saturated carbocycles. The second-order valence-electron chi connectivity index (χ2n) is 3.71. The summed E-state index contributed by atoms with van der Waals surface area (Å²) in [6, 6.07) is 2.58. The molecule has 94 valence electrons. The lowest BCUT2D eigenvalue weighted by Gasteiger charge is -2.14. The van der Waals surface area contributed by atoms with E-state index in [0.717, 1.165) is 12.1 Å². The summed E-state index contributed by atoms with van der Waals surface area (Å²) in [5, 5.41) is 7.12. The maximum atomic E-state index is 12.9. The van der Waals surface area contributed by atoms with Gasteiger partial charge in [-0.3, -0.25) is 5.41 Å². The Labute approximate surface area is 99.4 Å². The molecular formula is C10H14FN3O2S. The van der Waals surface area contributed by atoms with Gasteiger partial charge in [-0.1, -0.05) is 0 Å². The third-order valence-electron chi connectivity index (χ3n) is 2.22. The number of hydrogen-bond acceptors (Lipinski definition) is 3. The maximum Gasteiger partial charge on any atom is 0.241 e. The molecule has 0 aliphatic rings. The van der Waals surface area contributed by atoms with E-state index in [1.807, 2.05) is 0 Å². The molecule has 4 N–H and O–H groups in total. The van der Waals surface area contributed by atoms with E-state index >= 15 is 0 Å². The van der Waals surface area contributed by atoms with Gasteiger partial charge in [0.1, 0.15) is 11.7 Å². The van der Waals surface area contributed by atoms with Crippen molar-refractivity contribution in [2.45, 2.75) is 24.8 Å². The first-order valence-electron chi connectivity index (χ1n) is 4.86. The van der Waals surface area contributed by atoms with E-state index in [1.165, 1.54) is 19.9 Å². The smallest absolute Gasteiger partial charge is 0.241 e. The Balaban J connectivity index is 3.10. The van der Waals surface area contributed by atoms with Gasteiger partial charge < -0.3 is 5.73 Å². The number of nitrogens with two attached hydrogens (primary N) is 1. The van der Waals surface area contributed by atoms with E-state index in [4.69, 9.17) is 11.1 Å². The van der Waals surface area contributed by atoms with Crippen LogP contribution in [0.1, 0.15) is 12.5 Å². The molecule has 1 aromatic rings. The molecule has 0 spiro atoms. The number of benzene rings is 1. The standard InChI is InChI=1S/C10H14FN3O2S/c1-6-5-8(11)3-4-9(6)17(15,16)14-7(2)10(12)13/h3-5,7,14H,1-2H3,(H3,12,13). The van der Waals surface area contributed by atoms with Gasteiger partial charge in [0.15, 0.2) is 0 Å². The largest absolute Gasteiger partial charge is 0.386 e. The van der Waals surface area contributed by atoms with Crippen LogP contribution in [-0.2, 0) is 10.0 Å². The number of hydrogen-bond donors (Lipinski definition) is 3. The minimum absolute atomic E-state index is 0.0213. The van der Waals surface area contributed by atoms with E-state index < -0.39 is 21.9 Å². The summed E-state index contributed by atoms with van der Waals surface area (Å²) >= 11 is 0. The molecule has 0 radical (unpaired) electrons. The Morgan fingerprint density at radius 1 is 1.53 bits per heavy atom. The fourth-order valence-corrected chi connectivity index (χ4v) is 2.72. The maximum absolute atomic E-state index is 12.9. The molecule has 7 heteroatoms. The third-order valence-corrected chi connectivity index (χ3v) is 3.93. The van der Waals surface area contributed by atoms with Crippen molar-refractivity contribution >= 4 is 15.9 Å². The number of aryl methyl sites for hydroxylation is 1. The fraction of sp³-hybridized carbons (Fsp3) is 0.300. The molecule has 1 aromatic carbocycles. The number of nitrogens with one attached hydrogen (secondary N) is 2. The Kier molecular flexibility index (Phi) is 3.84. The second-order valence-corrected chi connectivity index (χ2v) is 5.39. The zero-order chi connectivity index (χ0) is 13.2. The molecule has 5 nitrogen and oxygen atoms in total. The quantitative estimate of drug-likeness (QED) is 0.549. The molecule has 17 heavy (non-hydrogen) atoms. The van der Waals surface area contributed by atoms with E-state index in [2.05, 4.69) is 4.72 Å². The summed E-state index contributed by atoms with van der Waals surface area (Å²) in [4.78, 5) is -0.0213. The Morgan fingerprint density at radius 3 is 2.59 bits per heavy atom. The van der Waals surface area contributed by atoms with Gasteiger partial charge in [-0.2, -0.15) is 0 Å². The van der Waals surface area contributed by atoms with E-state index in [0.29, 0.717) is 5.56 Å². The normalized spacial score (nSPS) is 13.4. The lowest BCUT2D eigenvalue weighted by Crippen LogP contribution is -2.41. The van der Waals surface area contributed by atoms with Crippen LogP contribution in [0.3, 0.4) is 0 Å². The predicted molar refractivity (Wildman–Crippen MR) is 62.8 cm³/mol. The molecule has 0 aliphatic heterocycles. The predicted octanol–water partition coefficient (Wildman–Crippen LogP) is 0.737. The molecule has 1 unspecified atom stereocenters. The van der Waals surface area contributed by atoms with Gasteiger partial charge in [-0.05, 0) is 37.6 Å². The van der Waals surface area contributed by atoms with E-state index in [1.54, 1.807) is 0 Å². The Morgan fingerprint density at radius 2 is 2.12 bits per heavy atom. The first-order valence-corrected chi connectivity index (χ1v) is 6.35. The lowest BCUT2D eigenvalue weighted by atomic mass is 10.2. The highest BCUT2D eigenvalue weighted by Crippen LogP contribution is 2.16. The van der Waals surface area contributed by atoms with Crippen LogP contribution in [0.2, 0.25) is 0 Å². The van der Waals surface area contributed by atoms with Gasteiger partial charge >= 0.3 is 0 Å². The summed E-state index contributed by atoms with van der Waals surface area (Å²) in [5.74, 6) is -0.783. The van der Waals surface area contributed by atoms with Crippen LogP contribution in [0.4, 0.5) is 4.39 Å². The lowest BCUT2D eigenvalue weighted by molar-refractivity contribution is 0.576. The van der Waals surface area contributed by atoms with Crippen LogP contribution >= 0.6 is 0 Å². The first kappa shape index (κ1) is 13.6. The number of rotatable bonds is 4. The molecular weight excluding hydrogens is 245 g/mol. The number of amidine groups is 1. The Bertz CT molecular complexity index is 542. The van der Waals surface area contributed by atoms with E-state index in [9.17, 15) is 12.8 Å². The van der Waals surface area contributed by atoms with Crippen LogP contribution in [0, 0.1) is 18.2 Å². The summed E-state index contributed by atoms with van der Waals surface area (Å²) in [6.45, 7) is 2.95. The molecule has 0 amide bonds. The van der Waals surface area contributed by atoms with Crippen LogP contribution in [0.25, 0.3) is 0 Å². The van der Waals surface area contributed by atoms with Gasteiger partial charge in [-0.15, -0.1) is 0 Å². The molecule has 1 rings (SSSR count). The van der Waals surface area contributed by atoms with Crippen LogP contribution in [0.5, 0.6) is 0 Å². The number of halogens is 1. The van der Waals surface area contributed by atoms with Crippen molar-refractivity contribution in [3.05, 3.63) is 29.6 Å². The highest BCUT2D eigenvalue weighted by atomic mass is 32.2. The topological polar surface area (TPSA) is 96.0 Å². The highest BCUT2D eigenvalue weighted by Gasteiger charge is 2.20. The zero-order valence-corrected chi connectivity index (χ0v) is 10.3. The second kappa shape index (κ2) is 4.80. The van der Waals surface area contributed by atoms with Crippen molar-refractivity contribution in [3.63, 3.8) is 0 Å². The van der Waals surface area contributed by atoms with Crippen molar-refractivity contribution < 1.29 is 12.8 Å². The van der Waals surface area contributed by atoms with Crippen molar-refractivity contribution in [1.29, 1.82) is 5.41 Å². The minimum atomic E-state index is -3.79. The van der Waals surface area contributed by atoms with Crippen molar-refractivity contribution in [2.24, 2.45) is 5.73 Å². The average Bonchev–Trinajstić information content (AvgIpc) is 2.15. The van der Waals surface area contributed by atoms with Gasteiger partial charge in [0.05, 0.1) is 10.9 Å². The molecule has 0 bridgehead atoms. The van der Waals surface area contributed by atoms with Gasteiger partial charge in [0, 0.05) is 0 Å². The van der Waals surface area contributed by atoms with Crippen molar-refractivity contribution in [1.82, 2.24) is 4.72 Å². The Hall–Kier alpha value is -1.47. The molecule has 0 fully saturated rings. The molecule has 0 aliphatic carbocycles. The molecule has 0 saturated heterocycles. The minimum Gasteiger partial charge on any atom is -0.386 e. The summed E-state index contributed by atoms with van der Waals surface area (Å²) in [5.41, 5.74) is 5.48. The van der Waals surface area contributed by atoms with E-state index in [-0.39, 0.29) is 10.7 Å². The number of sulfonamides is 1. The summed E-state index contributed by atoms with van der Waals surface area (Å²) < 4.78 is 38.9. The summed E-state index contributed by atoms with van der Waals surface area (Å²) in [6.07, 6.45) is 0. The summed E-state index contributed by atoms with van der Waals surface area (Å²) in [7, 11) is -3.79. The SMILES string of the molecule is Cc1cc(F)ccc1S(=O)(=O)NC(C)C(=N)N. The van der Waals surface area contributed by atoms with Crippen molar-refractivity contribution in [2.75, 3.05) is 0 Å². The molecule has 0 heterocycles. The van der Waals surface area contributed by atoms with Crippen LogP contribution in [-0.4, -0.2) is 20.3 Å². The van der Waals surface area contributed by atoms with Gasteiger partial charge in [0.25, 0.3) is 0 Å². The molecule has 1 atom stereocenters. The fourth-order valence-electron chi connectivity index (χ4n) is 1.27. The first-order chi connectivity index (χ1) is 7.74. The monoisotopic (exact) mass is 259 g/mol. The zero-order valence-electron chi connectivity index (χ0n) is 9.49. The van der Waals surface area contributed by atoms with Gasteiger partial charge in [0.2, 0.25) is 10.0 Å². The molecule has 0 aromatic heterocycles. The van der Waals surface area contributed by atoms with Crippen LogP contribution < -0.4 is 10.5 Å². The van der Waals surface area contributed by atoms with Gasteiger partial charge in [-0.25, -0.2) is 17.5 Å². The average molecular weight is 259 g/mol. The van der Waals surface area contributed by atoms with Crippen molar-refractivity contribution in [3.8, 4) is 0 Å². The highest BCUT2D eigenvalue weighted by molar-refractivity contribution is 7.89. The van der Waals surface area contributed by atoms with Crippen LogP contribution in [0.15, 0.2) is 23.1 Å². The third kappa shape index (κ3) is 3.24.